The predicted octanol–water partition coefficient (Wildman–Crippen LogP) is 3.60. The van der Waals surface area contributed by atoms with Gasteiger partial charge in [-0.25, -0.2) is 0 Å². The molecule has 0 aliphatic heterocycles. The molecule has 1 aliphatic rings. The SMILES string of the molecule is O=C(NC(Cc1ccc(OC(F)(F)F)cc1)C(=O)NCCO)c1ccc(OCCCC2CC2)cc1. The van der Waals surface area contributed by atoms with Crippen LogP contribution in [-0.2, 0) is 11.2 Å². The van der Waals surface area contributed by atoms with E-state index in [4.69, 9.17) is 9.84 Å². The fraction of sp³-hybridized carbons (Fsp3) is 0.440. The molecular formula is C25H29F3N2O5. The van der Waals surface area contributed by atoms with E-state index in [-0.39, 0.29) is 25.3 Å². The van der Waals surface area contributed by atoms with E-state index in [1.807, 2.05) is 0 Å². The van der Waals surface area contributed by atoms with E-state index >= 15 is 0 Å². The van der Waals surface area contributed by atoms with Gasteiger partial charge in [-0.3, -0.25) is 9.59 Å². The summed E-state index contributed by atoms with van der Waals surface area (Å²) in [6, 6.07) is 10.6. The van der Waals surface area contributed by atoms with E-state index in [2.05, 4.69) is 15.4 Å². The van der Waals surface area contributed by atoms with Gasteiger partial charge in [-0.15, -0.1) is 13.2 Å². The molecule has 1 fully saturated rings. The Bertz CT molecular complexity index is 961. The van der Waals surface area contributed by atoms with Gasteiger partial charge in [0.15, 0.2) is 0 Å². The Labute approximate surface area is 201 Å². The largest absolute Gasteiger partial charge is 0.573 e. The van der Waals surface area contributed by atoms with Crippen molar-refractivity contribution in [3.05, 3.63) is 59.7 Å². The summed E-state index contributed by atoms with van der Waals surface area (Å²) in [4.78, 5) is 25.3. The molecule has 0 aromatic heterocycles. The molecule has 7 nitrogen and oxygen atoms in total. The number of benzene rings is 2. The fourth-order valence-corrected chi connectivity index (χ4v) is 3.49. The zero-order valence-corrected chi connectivity index (χ0v) is 19.1. The summed E-state index contributed by atoms with van der Waals surface area (Å²) in [6.45, 7) is 0.330. The standard InChI is InChI=1S/C25H29F3N2O5/c26-25(27,28)35-21-9-5-18(6-10-21)16-22(24(33)29-13-14-31)30-23(32)19-7-11-20(12-8-19)34-15-1-2-17-3-4-17/h5-12,17,22,31H,1-4,13-16H2,(H,29,33)(H,30,32). The zero-order valence-electron chi connectivity index (χ0n) is 19.1. The third-order valence-electron chi connectivity index (χ3n) is 5.47. The van der Waals surface area contributed by atoms with Crippen LogP contribution < -0.4 is 20.1 Å². The first-order valence-electron chi connectivity index (χ1n) is 11.5. The molecule has 1 atom stereocenters. The van der Waals surface area contributed by atoms with Crippen LogP contribution in [0.1, 0.15) is 41.6 Å². The highest BCUT2D eigenvalue weighted by Crippen LogP contribution is 2.33. The second kappa shape index (κ2) is 12.4. The maximum absolute atomic E-state index is 12.8. The fourth-order valence-electron chi connectivity index (χ4n) is 3.49. The van der Waals surface area contributed by atoms with Gasteiger partial charge < -0.3 is 25.2 Å². The number of ether oxygens (including phenoxy) is 2. The molecule has 35 heavy (non-hydrogen) atoms. The molecule has 0 heterocycles. The van der Waals surface area contributed by atoms with Crippen LogP contribution in [0, 0.1) is 5.92 Å². The first kappa shape index (κ1) is 26.3. The van der Waals surface area contributed by atoms with Gasteiger partial charge in [-0.1, -0.05) is 25.0 Å². The molecule has 3 N–H and O–H groups in total. The van der Waals surface area contributed by atoms with Crippen LogP contribution in [0.3, 0.4) is 0 Å². The minimum atomic E-state index is -4.81. The Morgan fingerprint density at radius 1 is 1.03 bits per heavy atom. The van der Waals surface area contributed by atoms with E-state index in [1.54, 1.807) is 24.3 Å². The smallest absolute Gasteiger partial charge is 0.494 e. The van der Waals surface area contributed by atoms with Crippen LogP contribution in [0.4, 0.5) is 13.2 Å². The van der Waals surface area contributed by atoms with Gasteiger partial charge in [-0.2, -0.15) is 0 Å². The van der Waals surface area contributed by atoms with Crippen molar-refractivity contribution >= 4 is 11.8 Å². The minimum absolute atomic E-state index is 0.00362. The number of aliphatic hydroxyl groups excluding tert-OH is 1. The van der Waals surface area contributed by atoms with Gasteiger partial charge in [0.1, 0.15) is 17.5 Å². The van der Waals surface area contributed by atoms with Crippen molar-refractivity contribution in [1.29, 1.82) is 0 Å². The molecule has 0 saturated heterocycles. The number of rotatable bonds is 13. The summed E-state index contributed by atoms with van der Waals surface area (Å²) in [5, 5.41) is 14.1. The molecule has 1 saturated carbocycles. The van der Waals surface area contributed by atoms with Crippen LogP contribution in [0.2, 0.25) is 0 Å². The quantitative estimate of drug-likeness (QED) is 0.370. The molecule has 10 heteroatoms. The lowest BCUT2D eigenvalue weighted by Crippen LogP contribution is -2.48. The van der Waals surface area contributed by atoms with Gasteiger partial charge in [0.25, 0.3) is 5.91 Å². The topological polar surface area (TPSA) is 96.9 Å². The average molecular weight is 495 g/mol. The van der Waals surface area contributed by atoms with Crippen LogP contribution in [-0.4, -0.2) is 49.1 Å². The molecule has 190 valence electrons. The summed E-state index contributed by atoms with van der Waals surface area (Å²) in [6.07, 6.45) is -0.0166. The number of nitrogens with one attached hydrogen (secondary N) is 2. The number of hydrogen-bond acceptors (Lipinski definition) is 5. The second-order valence-electron chi connectivity index (χ2n) is 8.40. The third kappa shape index (κ3) is 9.48. The molecule has 2 amide bonds. The van der Waals surface area contributed by atoms with Crippen molar-refractivity contribution in [2.45, 2.75) is 44.5 Å². The number of amides is 2. The van der Waals surface area contributed by atoms with Crippen LogP contribution >= 0.6 is 0 Å². The number of aliphatic hydroxyl groups is 1. The highest BCUT2D eigenvalue weighted by Gasteiger charge is 2.31. The number of alkyl halides is 3. The van der Waals surface area contributed by atoms with Crippen molar-refractivity contribution in [1.82, 2.24) is 10.6 Å². The molecule has 0 bridgehead atoms. The summed E-state index contributed by atoms with van der Waals surface area (Å²) >= 11 is 0. The van der Waals surface area contributed by atoms with E-state index in [0.29, 0.717) is 23.5 Å². The van der Waals surface area contributed by atoms with Gasteiger partial charge in [0.05, 0.1) is 13.2 Å². The van der Waals surface area contributed by atoms with Crippen LogP contribution in [0.5, 0.6) is 11.5 Å². The highest BCUT2D eigenvalue weighted by molar-refractivity contribution is 5.97. The molecule has 3 rings (SSSR count). The van der Waals surface area contributed by atoms with Crippen molar-refractivity contribution in [3.8, 4) is 11.5 Å². The van der Waals surface area contributed by atoms with E-state index in [1.165, 1.54) is 25.0 Å². The first-order valence-corrected chi connectivity index (χ1v) is 11.5. The Balaban J connectivity index is 1.59. The number of carbonyl (C=O) groups is 2. The zero-order chi connectivity index (χ0) is 25.3. The van der Waals surface area contributed by atoms with Crippen LogP contribution in [0.25, 0.3) is 0 Å². The van der Waals surface area contributed by atoms with Gasteiger partial charge >= 0.3 is 6.36 Å². The Morgan fingerprint density at radius 2 is 1.69 bits per heavy atom. The molecule has 1 unspecified atom stereocenters. The maximum Gasteiger partial charge on any atom is 0.573 e. The lowest BCUT2D eigenvalue weighted by Gasteiger charge is -2.19. The third-order valence-corrected chi connectivity index (χ3v) is 5.47. The van der Waals surface area contributed by atoms with Gasteiger partial charge in [-0.05, 0) is 60.7 Å². The molecular weight excluding hydrogens is 465 g/mol. The Kier molecular flexibility index (Phi) is 9.36. The molecule has 2 aromatic carbocycles. The lowest BCUT2D eigenvalue weighted by molar-refractivity contribution is -0.274. The minimum Gasteiger partial charge on any atom is -0.494 e. The van der Waals surface area contributed by atoms with Crippen molar-refractivity contribution in [2.24, 2.45) is 5.92 Å². The average Bonchev–Trinajstić information content (AvgIpc) is 3.65. The van der Waals surface area contributed by atoms with E-state index in [0.717, 1.165) is 30.9 Å². The van der Waals surface area contributed by atoms with Crippen molar-refractivity contribution in [2.75, 3.05) is 19.8 Å². The number of halogens is 3. The molecule has 1 aliphatic carbocycles. The number of hydrogen-bond donors (Lipinski definition) is 3. The monoisotopic (exact) mass is 494 g/mol. The summed E-state index contributed by atoms with van der Waals surface area (Å²) < 4.78 is 46.6. The van der Waals surface area contributed by atoms with E-state index in [9.17, 15) is 22.8 Å². The highest BCUT2D eigenvalue weighted by atomic mass is 19.4. The molecule has 0 spiro atoms. The first-order chi connectivity index (χ1) is 16.7. The van der Waals surface area contributed by atoms with Gasteiger partial charge in [0.2, 0.25) is 5.91 Å². The van der Waals surface area contributed by atoms with Crippen LogP contribution in [0.15, 0.2) is 48.5 Å². The summed E-state index contributed by atoms with van der Waals surface area (Å²) in [5.74, 6) is 0.0839. The lowest BCUT2D eigenvalue weighted by atomic mass is 10.0. The van der Waals surface area contributed by atoms with E-state index < -0.39 is 24.2 Å². The van der Waals surface area contributed by atoms with Gasteiger partial charge in [0, 0.05) is 18.5 Å². The molecule has 2 aromatic rings. The Morgan fingerprint density at radius 3 is 2.29 bits per heavy atom. The Hall–Kier alpha value is -3.27. The van der Waals surface area contributed by atoms with Crippen molar-refractivity contribution in [3.63, 3.8) is 0 Å². The summed E-state index contributed by atoms with van der Waals surface area (Å²) in [5.41, 5.74) is 0.836. The van der Waals surface area contributed by atoms with Crippen molar-refractivity contribution < 1.29 is 37.3 Å². The summed E-state index contributed by atoms with van der Waals surface area (Å²) in [7, 11) is 0. The second-order valence-corrected chi connectivity index (χ2v) is 8.40. The normalized spacial score (nSPS) is 14.2. The maximum atomic E-state index is 12.8. The molecule has 0 radical (unpaired) electrons. The number of carbonyl (C=O) groups excluding carboxylic acids is 2. The predicted molar refractivity (Wildman–Crippen MR) is 122 cm³/mol.